The lowest BCUT2D eigenvalue weighted by Crippen LogP contribution is -2.28. The van der Waals surface area contributed by atoms with Gasteiger partial charge in [-0.05, 0) is 30.7 Å². The molecule has 0 unspecified atom stereocenters. The van der Waals surface area contributed by atoms with E-state index < -0.39 is 0 Å². The van der Waals surface area contributed by atoms with E-state index >= 15 is 0 Å². The van der Waals surface area contributed by atoms with Crippen molar-refractivity contribution in [3.8, 4) is 0 Å². The van der Waals surface area contributed by atoms with Crippen LogP contribution < -0.4 is 0 Å². The Bertz CT molecular complexity index is 577. The molecule has 0 N–H and O–H groups in total. The van der Waals surface area contributed by atoms with Gasteiger partial charge in [0.2, 0.25) is 0 Å². The van der Waals surface area contributed by atoms with Crippen LogP contribution in [-0.2, 0) is 13.1 Å². The molecule has 1 amide bonds. The molecule has 0 saturated heterocycles. The largest absolute Gasteiger partial charge is 0.344 e. The number of rotatable bonds is 4. The highest BCUT2D eigenvalue weighted by molar-refractivity contribution is 9.10. The molecular formula is C15H17BrN2O. The normalized spacial score (nSPS) is 10.5. The fraction of sp³-hybridized carbons (Fsp3) is 0.267. The molecular weight excluding hydrogens is 304 g/mol. The Kier molecular flexibility index (Phi) is 4.43. The van der Waals surface area contributed by atoms with Crippen molar-refractivity contribution in [2.45, 2.75) is 20.0 Å². The van der Waals surface area contributed by atoms with Crippen molar-refractivity contribution in [3.05, 3.63) is 58.3 Å². The van der Waals surface area contributed by atoms with Crippen LogP contribution in [0, 0.1) is 0 Å². The molecule has 0 bridgehead atoms. The summed E-state index contributed by atoms with van der Waals surface area (Å²) in [6.07, 6.45) is 1.93. The summed E-state index contributed by atoms with van der Waals surface area (Å²) in [6, 6.07) is 11.7. The number of benzene rings is 1. The number of carbonyl (C=O) groups is 1. The van der Waals surface area contributed by atoms with Crippen LogP contribution >= 0.6 is 15.9 Å². The first kappa shape index (κ1) is 13.9. The molecule has 1 aromatic carbocycles. The summed E-state index contributed by atoms with van der Waals surface area (Å²) >= 11 is 3.51. The molecule has 1 aromatic heterocycles. The van der Waals surface area contributed by atoms with Gasteiger partial charge in [0.1, 0.15) is 5.69 Å². The van der Waals surface area contributed by atoms with E-state index in [1.807, 2.05) is 61.1 Å². The third-order valence-corrected chi connectivity index (χ3v) is 3.88. The Morgan fingerprint density at radius 1 is 1.26 bits per heavy atom. The minimum atomic E-state index is 0.0441. The summed E-state index contributed by atoms with van der Waals surface area (Å²) in [7, 11) is 1.83. The second-order valence-electron chi connectivity index (χ2n) is 4.43. The maximum absolute atomic E-state index is 12.4. The van der Waals surface area contributed by atoms with Crippen molar-refractivity contribution >= 4 is 21.8 Å². The Hall–Kier alpha value is -1.55. The minimum Gasteiger partial charge on any atom is -0.344 e. The van der Waals surface area contributed by atoms with Gasteiger partial charge in [-0.1, -0.05) is 34.1 Å². The van der Waals surface area contributed by atoms with Crippen molar-refractivity contribution in [2.75, 3.05) is 7.05 Å². The van der Waals surface area contributed by atoms with Crippen LogP contribution in [0.5, 0.6) is 0 Å². The van der Waals surface area contributed by atoms with Crippen molar-refractivity contribution < 1.29 is 4.79 Å². The van der Waals surface area contributed by atoms with E-state index in [4.69, 9.17) is 0 Å². The number of hydrogen-bond donors (Lipinski definition) is 0. The van der Waals surface area contributed by atoms with E-state index in [1.54, 1.807) is 4.90 Å². The number of halogens is 1. The first-order valence-electron chi connectivity index (χ1n) is 6.27. The molecule has 2 aromatic rings. The lowest BCUT2D eigenvalue weighted by molar-refractivity contribution is 0.0774. The van der Waals surface area contributed by atoms with Gasteiger partial charge in [0.25, 0.3) is 5.91 Å². The first-order valence-corrected chi connectivity index (χ1v) is 7.06. The summed E-state index contributed by atoms with van der Waals surface area (Å²) in [5.41, 5.74) is 1.84. The van der Waals surface area contributed by atoms with E-state index in [0.29, 0.717) is 6.54 Å². The molecule has 0 radical (unpaired) electrons. The molecule has 19 heavy (non-hydrogen) atoms. The van der Waals surface area contributed by atoms with Gasteiger partial charge in [0, 0.05) is 30.8 Å². The SMILES string of the molecule is CCn1cccc1C(=O)N(C)Cc1ccccc1Br. The van der Waals surface area contributed by atoms with Crippen LogP contribution in [0.4, 0.5) is 0 Å². The first-order chi connectivity index (χ1) is 9.13. The molecule has 1 heterocycles. The Labute approximate surface area is 122 Å². The van der Waals surface area contributed by atoms with Gasteiger partial charge in [-0.15, -0.1) is 0 Å². The second kappa shape index (κ2) is 6.06. The van der Waals surface area contributed by atoms with Crippen molar-refractivity contribution in [1.29, 1.82) is 0 Å². The number of hydrogen-bond acceptors (Lipinski definition) is 1. The monoisotopic (exact) mass is 320 g/mol. The second-order valence-corrected chi connectivity index (χ2v) is 5.29. The molecule has 0 atom stereocenters. The highest BCUT2D eigenvalue weighted by Gasteiger charge is 2.15. The molecule has 0 saturated carbocycles. The predicted octanol–water partition coefficient (Wildman–Crippen LogP) is 3.54. The highest BCUT2D eigenvalue weighted by Crippen LogP contribution is 2.18. The molecule has 4 heteroatoms. The van der Waals surface area contributed by atoms with Gasteiger partial charge < -0.3 is 9.47 Å². The zero-order chi connectivity index (χ0) is 13.8. The van der Waals surface area contributed by atoms with E-state index in [9.17, 15) is 4.79 Å². The van der Waals surface area contributed by atoms with E-state index in [2.05, 4.69) is 15.9 Å². The summed E-state index contributed by atoms with van der Waals surface area (Å²) in [5.74, 6) is 0.0441. The summed E-state index contributed by atoms with van der Waals surface area (Å²) in [6.45, 7) is 3.43. The Balaban J connectivity index is 2.14. The fourth-order valence-electron chi connectivity index (χ4n) is 2.03. The van der Waals surface area contributed by atoms with Crippen LogP contribution in [-0.4, -0.2) is 22.4 Å². The predicted molar refractivity (Wildman–Crippen MR) is 80.0 cm³/mol. The van der Waals surface area contributed by atoms with E-state index in [0.717, 1.165) is 22.3 Å². The number of nitrogens with zero attached hydrogens (tertiary/aromatic N) is 2. The van der Waals surface area contributed by atoms with Crippen LogP contribution in [0.2, 0.25) is 0 Å². The molecule has 0 aliphatic heterocycles. The summed E-state index contributed by atoms with van der Waals surface area (Å²) in [4.78, 5) is 14.1. The number of aromatic nitrogens is 1. The summed E-state index contributed by atoms with van der Waals surface area (Å²) < 4.78 is 2.99. The zero-order valence-corrected chi connectivity index (χ0v) is 12.7. The third-order valence-electron chi connectivity index (χ3n) is 3.10. The fourth-order valence-corrected chi connectivity index (χ4v) is 2.44. The minimum absolute atomic E-state index is 0.0441. The maximum atomic E-state index is 12.4. The average Bonchev–Trinajstić information content (AvgIpc) is 2.88. The number of carbonyl (C=O) groups excluding carboxylic acids is 1. The van der Waals surface area contributed by atoms with Crippen molar-refractivity contribution in [1.82, 2.24) is 9.47 Å². The van der Waals surface area contributed by atoms with Crippen molar-refractivity contribution in [2.24, 2.45) is 0 Å². The maximum Gasteiger partial charge on any atom is 0.270 e. The highest BCUT2D eigenvalue weighted by atomic mass is 79.9. The van der Waals surface area contributed by atoms with Gasteiger partial charge in [-0.3, -0.25) is 4.79 Å². The van der Waals surface area contributed by atoms with Gasteiger partial charge in [0.05, 0.1) is 0 Å². The molecule has 3 nitrogen and oxygen atoms in total. The standard InChI is InChI=1S/C15H17BrN2O/c1-3-18-10-6-9-14(18)15(19)17(2)11-12-7-4-5-8-13(12)16/h4-10H,3,11H2,1-2H3. The van der Waals surface area contributed by atoms with Crippen molar-refractivity contribution in [3.63, 3.8) is 0 Å². The molecule has 0 fully saturated rings. The summed E-state index contributed by atoms with van der Waals surface area (Å²) in [5, 5.41) is 0. The smallest absolute Gasteiger partial charge is 0.270 e. The molecule has 0 spiro atoms. The molecule has 0 aliphatic carbocycles. The lowest BCUT2D eigenvalue weighted by atomic mass is 10.2. The van der Waals surface area contributed by atoms with Crippen LogP contribution in [0.25, 0.3) is 0 Å². The topological polar surface area (TPSA) is 25.2 Å². The lowest BCUT2D eigenvalue weighted by Gasteiger charge is -2.19. The van der Waals surface area contributed by atoms with Crippen LogP contribution in [0.3, 0.4) is 0 Å². The van der Waals surface area contributed by atoms with Crippen LogP contribution in [0.1, 0.15) is 23.0 Å². The number of aryl methyl sites for hydroxylation is 1. The van der Waals surface area contributed by atoms with Gasteiger partial charge in [-0.25, -0.2) is 0 Å². The molecule has 100 valence electrons. The van der Waals surface area contributed by atoms with Gasteiger partial charge in [-0.2, -0.15) is 0 Å². The van der Waals surface area contributed by atoms with E-state index in [1.165, 1.54) is 0 Å². The zero-order valence-electron chi connectivity index (χ0n) is 11.1. The Morgan fingerprint density at radius 3 is 2.68 bits per heavy atom. The number of amides is 1. The average molecular weight is 321 g/mol. The van der Waals surface area contributed by atoms with Gasteiger partial charge >= 0.3 is 0 Å². The Morgan fingerprint density at radius 2 is 2.00 bits per heavy atom. The molecule has 0 aliphatic rings. The third kappa shape index (κ3) is 3.07. The van der Waals surface area contributed by atoms with E-state index in [-0.39, 0.29) is 5.91 Å². The quantitative estimate of drug-likeness (QED) is 0.845. The molecule has 2 rings (SSSR count). The van der Waals surface area contributed by atoms with Gasteiger partial charge in [0.15, 0.2) is 0 Å². The van der Waals surface area contributed by atoms with Crippen LogP contribution in [0.15, 0.2) is 47.1 Å².